The van der Waals surface area contributed by atoms with Crippen molar-refractivity contribution in [3.63, 3.8) is 0 Å². The molecule has 2 aromatic rings. The zero-order chi connectivity index (χ0) is 15.3. The number of aryl methyl sites for hydroxylation is 1. The van der Waals surface area contributed by atoms with E-state index >= 15 is 0 Å². The summed E-state index contributed by atoms with van der Waals surface area (Å²) in [7, 11) is -4.50. The number of halogens is 2. The van der Waals surface area contributed by atoms with E-state index in [4.69, 9.17) is 0 Å². The minimum atomic E-state index is -4.50. The van der Waals surface area contributed by atoms with Crippen molar-refractivity contribution in [3.05, 3.63) is 48.3 Å². The highest BCUT2D eigenvalue weighted by Crippen LogP contribution is 2.20. The maximum atomic E-state index is 12.4. The highest BCUT2D eigenvalue weighted by atomic mass is 32.2. The highest BCUT2D eigenvalue weighted by molar-refractivity contribution is 7.98. The second-order valence-corrected chi connectivity index (χ2v) is 7.29. The van der Waals surface area contributed by atoms with Crippen LogP contribution >= 0.6 is 11.8 Å². The van der Waals surface area contributed by atoms with E-state index in [2.05, 4.69) is 5.10 Å². The highest BCUT2D eigenvalue weighted by Gasteiger charge is 2.26. The summed E-state index contributed by atoms with van der Waals surface area (Å²) in [4.78, 5) is -0.345. The van der Waals surface area contributed by atoms with Crippen LogP contribution in [-0.2, 0) is 22.1 Å². The van der Waals surface area contributed by atoms with E-state index < -0.39 is 15.6 Å². The molecule has 0 N–H and O–H groups in total. The summed E-state index contributed by atoms with van der Waals surface area (Å²) in [6, 6.07) is 7.44. The molecule has 0 atom stereocenters. The average Bonchev–Trinajstić information content (AvgIpc) is 2.97. The zero-order valence-electron chi connectivity index (χ0n) is 11.0. The third-order valence-corrected chi connectivity index (χ3v) is 5.19. The Hall–Kier alpha value is -1.41. The number of sulfone groups is 1. The van der Waals surface area contributed by atoms with Gasteiger partial charge in [0.2, 0.25) is 9.84 Å². The molecule has 8 heteroatoms. The molecule has 1 heterocycles. The van der Waals surface area contributed by atoms with Crippen molar-refractivity contribution in [2.75, 3.05) is 5.75 Å². The summed E-state index contributed by atoms with van der Waals surface area (Å²) in [6.45, 7) is 0.787. The molecule has 0 amide bonds. The maximum Gasteiger partial charge on any atom is 0.341 e. The molecule has 2 rings (SSSR count). The second kappa shape index (κ2) is 7.04. The van der Waals surface area contributed by atoms with Crippen LogP contribution < -0.4 is 0 Å². The first-order valence-electron chi connectivity index (χ1n) is 6.16. The van der Waals surface area contributed by atoms with Gasteiger partial charge < -0.3 is 0 Å². The number of aromatic nitrogens is 2. The topological polar surface area (TPSA) is 52.0 Å². The van der Waals surface area contributed by atoms with Gasteiger partial charge in [-0.1, -0.05) is 12.1 Å². The Kier molecular flexibility index (Phi) is 5.35. The Bertz CT molecular complexity index is 656. The van der Waals surface area contributed by atoms with Crippen LogP contribution in [-0.4, -0.2) is 29.7 Å². The van der Waals surface area contributed by atoms with Crippen molar-refractivity contribution in [2.45, 2.75) is 23.0 Å². The van der Waals surface area contributed by atoms with E-state index in [0.717, 1.165) is 17.9 Å². The molecule has 1 aromatic carbocycles. The lowest BCUT2D eigenvalue weighted by molar-refractivity contribution is 0.234. The first-order chi connectivity index (χ1) is 10.00. The van der Waals surface area contributed by atoms with Gasteiger partial charge in [-0.2, -0.15) is 25.6 Å². The van der Waals surface area contributed by atoms with Crippen molar-refractivity contribution < 1.29 is 17.2 Å². The fourth-order valence-corrected chi connectivity index (χ4v) is 3.27. The summed E-state index contributed by atoms with van der Waals surface area (Å²) in [5.41, 5.74) is 0.897. The molecular weight excluding hydrogens is 318 g/mol. The van der Waals surface area contributed by atoms with E-state index in [1.54, 1.807) is 30.1 Å². The van der Waals surface area contributed by atoms with E-state index in [0.29, 0.717) is 5.75 Å². The Labute approximate surface area is 126 Å². The summed E-state index contributed by atoms with van der Waals surface area (Å²) >= 11 is 1.67. The molecule has 0 aliphatic carbocycles. The molecule has 1 aromatic heterocycles. The van der Waals surface area contributed by atoms with Crippen molar-refractivity contribution in [3.8, 4) is 0 Å². The van der Waals surface area contributed by atoms with Gasteiger partial charge in [0.15, 0.2) is 0 Å². The number of thioether (sulfide) groups is 1. The van der Waals surface area contributed by atoms with E-state index in [9.17, 15) is 17.2 Å². The quantitative estimate of drug-likeness (QED) is 0.732. The third-order valence-electron chi connectivity index (χ3n) is 2.78. The van der Waals surface area contributed by atoms with Crippen LogP contribution in [0.3, 0.4) is 0 Å². The second-order valence-electron chi connectivity index (χ2n) is 4.27. The molecule has 0 saturated heterocycles. The molecule has 0 aliphatic heterocycles. The number of benzene rings is 1. The fourth-order valence-electron chi connectivity index (χ4n) is 1.66. The first-order valence-corrected chi connectivity index (χ1v) is 8.86. The average molecular weight is 332 g/mol. The number of hydrogen-bond donors (Lipinski definition) is 0. The lowest BCUT2D eigenvalue weighted by Crippen LogP contribution is -2.11. The van der Waals surface area contributed by atoms with Gasteiger partial charge in [0, 0.05) is 30.4 Å². The van der Waals surface area contributed by atoms with Gasteiger partial charge in [0.1, 0.15) is 0 Å². The van der Waals surface area contributed by atoms with Crippen LogP contribution in [0.1, 0.15) is 5.56 Å². The van der Waals surface area contributed by atoms with Crippen LogP contribution in [0.25, 0.3) is 0 Å². The molecule has 21 heavy (non-hydrogen) atoms. The van der Waals surface area contributed by atoms with Crippen LogP contribution in [0.2, 0.25) is 0 Å². The van der Waals surface area contributed by atoms with Crippen molar-refractivity contribution in [1.82, 2.24) is 9.78 Å². The van der Waals surface area contributed by atoms with Gasteiger partial charge in [-0.3, -0.25) is 4.68 Å². The van der Waals surface area contributed by atoms with Crippen LogP contribution in [0.5, 0.6) is 0 Å². The van der Waals surface area contributed by atoms with Gasteiger partial charge in [0.05, 0.1) is 4.90 Å². The Morgan fingerprint density at radius 2 is 1.95 bits per heavy atom. The summed E-state index contributed by atoms with van der Waals surface area (Å²) in [6.07, 6.45) is 3.59. The molecule has 0 spiro atoms. The number of nitrogens with zero attached hydrogens (tertiary/aromatic N) is 2. The molecule has 0 saturated carbocycles. The van der Waals surface area contributed by atoms with Crippen LogP contribution in [0.15, 0.2) is 47.6 Å². The molecule has 114 valence electrons. The Morgan fingerprint density at radius 1 is 1.24 bits per heavy atom. The molecule has 0 radical (unpaired) electrons. The predicted molar refractivity (Wildman–Crippen MR) is 78.0 cm³/mol. The van der Waals surface area contributed by atoms with E-state index in [-0.39, 0.29) is 4.90 Å². The largest absolute Gasteiger partial charge is 0.341 e. The van der Waals surface area contributed by atoms with Crippen molar-refractivity contribution in [2.24, 2.45) is 0 Å². The normalized spacial score (nSPS) is 12.0. The van der Waals surface area contributed by atoms with Gasteiger partial charge in [-0.25, -0.2) is 8.42 Å². The van der Waals surface area contributed by atoms with Gasteiger partial charge in [-0.15, -0.1) is 0 Å². The molecule has 0 aliphatic rings. The minimum Gasteiger partial charge on any atom is -0.272 e. The summed E-state index contributed by atoms with van der Waals surface area (Å²) < 4.78 is 49.1. The Morgan fingerprint density at radius 3 is 2.52 bits per heavy atom. The molecule has 0 bridgehead atoms. The first kappa shape index (κ1) is 16.0. The third kappa shape index (κ3) is 4.28. The molecular formula is C13H14F2N2O2S2. The van der Waals surface area contributed by atoms with Crippen molar-refractivity contribution in [1.29, 1.82) is 0 Å². The minimum absolute atomic E-state index is 0.345. The smallest absolute Gasteiger partial charge is 0.272 e. The summed E-state index contributed by atoms with van der Waals surface area (Å²) in [5, 5.41) is 4.08. The van der Waals surface area contributed by atoms with Crippen molar-refractivity contribution >= 4 is 21.6 Å². The SMILES string of the molecule is O=S(=O)(c1ccc(CSCCn2cccn2)cc1)C(F)F. The van der Waals surface area contributed by atoms with Gasteiger partial charge in [0.25, 0.3) is 0 Å². The number of hydrogen-bond acceptors (Lipinski definition) is 4. The molecule has 0 fully saturated rings. The van der Waals surface area contributed by atoms with Gasteiger partial charge in [-0.05, 0) is 23.8 Å². The lowest BCUT2D eigenvalue weighted by Gasteiger charge is -2.05. The maximum absolute atomic E-state index is 12.4. The zero-order valence-corrected chi connectivity index (χ0v) is 12.7. The standard InChI is InChI=1S/C13H14F2N2O2S2/c14-13(15)21(18,19)12-4-2-11(3-5-12)10-20-9-8-17-7-1-6-16-17/h1-7,13H,8-10H2. The predicted octanol–water partition coefficient (Wildman–Crippen LogP) is 2.81. The number of alkyl halides is 2. The molecule has 0 unspecified atom stereocenters. The van der Waals surface area contributed by atoms with Gasteiger partial charge >= 0.3 is 5.76 Å². The monoisotopic (exact) mass is 332 g/mol. The van der Waals surface area contributed by atoms with Crippen LogP contribution in [0.4, 0.5) is 8.78 Å². The summed E-state index contributed by atoms with van der Waals surface area (Å²) in [5.74, 6) is -1.83. The lowest BCUT2D eigenvalue weighted by atomic mass is 10.2. The number of rotatable bonds is 7. The van der Waals surface area contributed by atoms with Crippen LogP contribution in [0, 0.1) is 0 Å². The van der Waals surface area contributed by atoms with E-state index in [1.165, 1.54) is 12.1 Å². The Balaban J connectivity index is 1.85. The fraction of sp³-hybridized carbons (Fsp3) is 0.308. The van der Waals surface area contributed by atoms with E-state index in [1.807, 2.05) is 16.9 Å². The molecule has 4 nitrogen and oxygen atoms in total.